The van der Waals surface area contributed by atoms with Gasteiger partial charge in [0.1, 0.15) is 28.7 Å². The van der Waals surface area contributed by atoms with Crippen LogP contribution in [0, 0.1) is 40.2 Å². The highest BCUT2D eigenvalue weighted by Gasteiger charge is 2.65. The number of esters is 1. The molecule has 1 N–H and O–H groups in total. The lowest BCUT2D eigenvalue weighted by Crippen LogP contribution is -2.58. The van der Waals surface area contributed by atoms with Gasteiger partial charge in [0.15, 0.2) is 9.04 Å². The van der Waals surface area contributed by atoms with Gasteiger partial charge >= 0.3 is 5.97 Å². The van der Waals surface area contributed by atoms with Crippen molar-refractivity contribution in [3.05, 3.63) is 69.2 Å². The summed E-state index contributed by atoms with van der Waals surface area (Å²) in [7, 11) is -1.62. The maximum atomic E-state index is 16.3. The molecular weight excluding hydrogens is 621 g/mol. The molecule has 0 spiro atoms. The van der Waals surface area contributed by atoms with E-state index in [0.29, 0.717) is 0 Å². The molecule has 0 amide bonds. The first-order chi connectivity index (χ1) is 20.4. The minimum absolute atomic E-state index is 0.0381. The Bertz CT molecular complexity index is 1420. The van der Waals surface area contributed by atoms with Crippen LogP contribution in [-0.4, -0.2) is 38.8 Å². The highest BCUT2D eigenvalue weighted by atomic mass is 35.5. The number of benzene rings is 2. The maximum absolute atomic E-state index is 16.3. The Kier molecular flexibility index (Phi) is 10.3. The van der Waals surface area contributed by atoms with Crippen LogP contribution in [0.4, 0.5) is 8.78 Å². The van der Waals surface area contributed by atoms with Crippen molar-refractivity contribution in [2.75, 3.05) is 0 Å². The Labute approximate surface area is 272 Å². The van der Waals surface area contributed by atoms with E-state index in [0.717, 1.165) is 25.3 Å². The Balaban J connectivity index is 2.10. The Morgan fingerprint density at radius 2 is 1.77 bits per heavy atom. The molecule has 10 heteroatoms. The highest BCUT2D eigenvalue weighted by molar-refractivity contribution is 6.48. The topological polar surface area (TPSA) is 71.3 Å². The van der Waals surface area contributed by atoms with E-state index in [4.69, 9.17) is 32.4 Å². The third kappa shape index (κ3) is 6.73. The van der Waals surface area contributed by atoms with E-state index in [-0.39, 0.29) is 44.5 Å². The zero-order chi connectivity index (χ0) is 32.8. The number of ether oxygens (including phenoxy) is 1. The molecular formula is C34H44Cl2F2N2O3Si. The number of nitrogens with one attached hydrogen (secondary N) is 1. The molecule has 2 fully saturated rings. The van der Waals surface area contributed by atoms with Crippen LogP contribution >= 0.6 is 23.2 Å². The van der Waals surface area contributed by atoms with E-state index >= 15 is 8.78 Å². The standard InChI is InChI=1S/C34H44Cl2F2N2O3Si/c1-32(2,3)30(43-44(7)8)25(19-11-9-12-19)29-34(18-39,22-16-15-20(35)17-24(22)37)26(21-13-10-14-23(36)27(21)38)28(40-29)31(41)42-33(4,5)6/h10,13-17,19,25-26,28-30,40,44H,9,11-12H2,1-8H3/t25?,26-,28+,29-,30?,34+/m0/s1. The molecule has 2 aromatic rings. The van der Waals surface area contributed by atoms with Crippen molar-refractivity contribution < 1.29 is 22.7 Å². The van der Waals surface area contributed by atoms with Gasteiger partial charge in [0.05, 0.1) is 17.2 Å². The molecule has 6 atom stereocenters. The number of hydrogen-bond acceptors (Lipinski definition) is 5. The van der Waals surface area contributed by atoms with Gasteiger partial charge in [-0.3, -0.25) is 10.1 Å². The minimum Gasteiger partial charge on any atom is -0.459 e. The summed E-state index contributed by atoms with van der Waals surface area (Å²) in [6.45, 7) is 15.7. The predicted molar refractivity (Wildman–Crippen MR) is 173 cm³/mol. The first-order valence-corrected chi connectivity index (χ1v) is 18.9. The lowest BCUT2D eigenvalue weighted by Gasteiger charge is -2.50. The molecule has 5 nitrogen and oxygen atoms in total. The minimum atomic E-state index is -1.77. The van der Waals surface area contributed by atoms with Gasteiger partial charge in [-0.2, -0.15) is 5.26 Å². The number of nitriles is 1. The number of carbonyl (C=O) groups is 1. The summed E-state index contributed by atoms with van der Waals surface area (Å²) in [5.41, 5.74) is -2.93. The van der Waals surface area contributed by atoms with E-state index in [2.05, 4.69) is 45.3 Å². The van der Waals surface area contributed by atoms with E-state index < -0.39 is 55.7 Å². The molecule has 1 heterocycles. The number of hydrogen-bond donors (Lipinski definition) is 1. The maximum Gasteiger partial charge on any atom is 0.324 e. The molecule has 2 unspecified atom stereocenters. The molecule has 0 radical (unpaired) electrons. The van der Waals surface area contributed by atoms with Gasteiger partial charge in [0.25, 0.3) is 0 Å². The molecule has 44 heavy (non-hydrogen) atoms. The van der Waals surface area contributed by atoms with Gasteiger partial charge in [-0.1, -0.05) is 81.4 Å². The smallest absolute Gasteiger partial charge is 0.324 e. The van der Waals surface area contributed by atoms with Crippen LogP contribution in [0.2, 0.25) is 23.1 Å². The first kappa shape index (κ1) is 34.8. The lowest BCUT2D eigenvalue weighted by atomic mass is 9.56. The SMILES string of the molecule is C[SiH](C)OC(C(C1CCC1)[C@@H]1N[C@@H](C(=O)OC(C)(C)C)[C@H](c2cccc(Cl)c2F)[C@@]1(C#N)c1ccc(Cl)cc1F)C(C)(C)C. The van der Waals surface area contributed by atoms with Gasteiger partial charge in [-0.05, 0) is 69.0 Å². The molecule has 2 aromatic carbocycles. The average molecular weight is 666 g/mol. The van der Waals surface area contributed by atoms with Crippen molar-refractivity contribution in [3.8, 4) is 6.07 Å². The summed E-state index contributed by atoms with van der Waals surface area (Å²) in [6.07, 6.45) is 2.48. The largest absolute Gasteiger partial charge is 0.459 e. The molecule has 2 aliphatic rings. The van der Waals surface area contributed by atoms with E-state index in [9.17, 15) is 10.1 Å². The second kappa shape index (κ2) is 13.0. The average Bonchev–Trinajstić information content (AvgIpc) is 3.20. The van der Waals surface area contributed by atoms with Crippen LogP contribution < -0.4 is 5.32 Å². The Hall–Kier alpha value is -2.02. The van der Waals surface area contributed by atoms with Crippen LogP contribution in [-0.2, 0) is 19.4 Å². The monoisotopic (exact) mass is 664 g/mol. The van der Waals surface area contributed by atoms with Crippen molar-refractivity contribution in [1.82, 2.24) is 5.32 Å². The highest BCUT2D eigenvalue weighted by Crippen LogP contribution is 2.57. The van der Waals surface area contributed by atoms with Gasteiger partial charge in [-0.25, -0.2) is 8.78 Å². The third-order valence-electron chi connectivity index (χ3n) is 8.91. The molecule has 1 saturated carbocycles. The van der Waals surface area contributed by atoms with E-state index in [1.807, 2.05) is 0 Å². The molecule has 1 aliphatic heterocycles. The van der Waals surface area contributed by atoms with Crippen LogP contribution in [0.3, 0.4) is 0 Å². The van der Waals surface area contributed by atoms with Crippen molar-refractivity contribution in [2.45, 2.75) is 109 Å². The molecule has 0 aromatic heterocycles. The fraction of sp³-hybridized carbons (Fsp3) is 0.588. The Morgan fingerprint density at radius 3 is 2.27 bits per heavy atom. The van der Waals surface area contributed by atoms with Crippen LogP contribution in [0.15, 0.2) is 36.4 Å². The van der Waals surface area contributed by atoms with Crippen molar-refractivity contribution in [1.29, 1.82) is 5.26 Å². The number of carbonyl (C=O) groups excluding carboxylic acids is 1. The summed E-state index contributed by atoms with van der Waals surface area (Å²) in [4.78, 5) is 14.1. The van der Waals surface area contributed by atoms with E-state index in [1.54, 1.807) is 26.8 Å². The normalized spacial score (nSPS) is 25.8. The summed E-state index contributed by atoms with van der Waals surface area (Å²) in [6, 6.07) is 9.16. The van der Waals surface area contributed by atoms with Crippen LogP contribution in [0.1, 0.15) is 77.8 Å². The quantitative estimate of drug-likeness (QED) is 0.227. The second-order valence-corrected chi connectivity index (χ2v) is 17.8. The van der Waals surface area contributed by atoms with Gasteiger partial charge in [-0.15, -0.1) is 0 Å². The summed E-state index contributed by atoms with van der Waals surface area (Å²) in [5.74, 6) is -3.50. The van der Waals surface area contributed by atoms with Crippen molar-refractivity contribution in [3.63, 3.8) is 0 Å². The van der Waals surface area contributed by atoms with Gasteiger partial charge in [0, 0.05) is 28.5 Å². The third-order valence-corrected chi connectivity index (χ3v) is 10.3. The van der Waals surface area contributed by atoms with E-state index in [1.165, 1.54) is 24.3 Å². The fourth-order valence-corrected chi connectivity index (χ4v) is 8.61. The molecule has 1 aliphatic carbocycles. The van der Waals surface area contributed by atoms with Gasteiger partial charge in [0.2, 0.25) is 0 Å². The first-order valence-electron chi connectivity index (χ1n) is 15.4. The zero-order valence-corrected chi connectivity index (χ0v) is 29.5. The number of halogens is 4. The second-order valence-electron chi connectivity index (χ2n) is 14.6. The molecule has 0 bridgehead atoms. The predicted octanol–water partition coefficient (Wildman–Crippen LogP) is 8.33. The number of rotatable bonds is 8. The molecule has 4 rings (SSSR count). The Morgan fingerprint density at radius 1 is 1.11 bits per heavy atom. The number of nitrogens with zero attached hydrogens (tertiary/aromatic N) is 1. The summed E-state index contributed by atoms with van der Waals surface area (Å²) in [5, 5.41) is 14.9. The van der Waals surface area contributed by atoms with Crippen molar-refractivity contribution in [2.24, 2.45) is 17.3 Å². The lowest BCUT2D eigenvalue weighted by molar-refractivity contribution is -0.157. The molecule has 1 saturated heterocycles. The summed E-state index contributed by atoms with van der Waals surface area (Å²) < 4.78 is 45.0. The fourth-order valence-electron chi connectivity index (χ4n) is 7.09. The van der Waals surface area contributed by atoms with Crippen LogP contribution in [0.25, 0.3) is 0 Å². The zero-order valence-electron chi connectivity index (χ0n) is 26.8. The van der Waals surface area contributed by atoms with Crippen molar-refractivity contribution >= 4 is 38.2 Å². The van der Waals surface area contributed by atoms with Crippen LogP contribution in [0.5, 0.6) is 0 Å². The summed E-state index contributed by atoms with van der Waals surface area (Å²) >= 11 is 12.5. The van der Waals surface area contributed by atoms with Gasteiger partial charge < -0.3 is 9.16 Å². The molecule has 240 valence electrons.